The minimum Gasteiger partial charge on any atom is -0.313 e. The van der Waals surface area contributed by atoms with Crippen LogP contribution in [-0.4, -0.2) is 17.6 Å². The summed E-state index contributed by atoms with van der Waals surface area (Å²) < 4.78 is 0.907. The van der Waals surface area contributed by atoms with Gasteiger partial charge in [-0.3, -0.25) is 0 Å². The lowest BCUT2D eigenvalue weighted by Gasteiger charge is -2.25. The van der Waals surface area contributed by atoms with E-state index in [1.807, 2.05) is 12.3 Å². The summed E-state index contributed by atoms with van der Waals surface area (Å²) in [7, 11) is 0. The van der Waals surface area contributed by atoms with Crippen LogP contribution >= 0.6 is 15.9 Å². The average Bonchev–Trinajstić information content (AvgIpc) is 2.77. The van der Waals surface area contributed by atoms with Gasteiger partial charge >= 0.3 is 0 Å². The molecule has 1 aliphatic heterocycles. The molecule has 1 N–H and O–H groups in total. The second-order valence-electron chi connectivity index (χ2n) is 4.65. The van der Waals surface area contributed by atoms with E-state index < -0.39 is 0 Å². The van der Waals surface area contributed by atoms with Crippen LogP contribution in [0.25, 0.3) is 5.57 Å². The van der Waals surface area contributed by atoms with Gasteiger partial charge in [-0.05, 0) is 64.9 Å². The Morgan fingerprint density at radius 2 is 2.31 bits per heavy atom. The number of allylic oxidation sites excluding steroid dienone is 1. The van der Waals surface area contributed by atoms with Gasteiger partial charge in [0.1, 0.15) is 4.60 Å². The summed E-state index contributed by atoms with van der Waals surface area (Å²) >= 11 is 3.37. The first-order valence-electron chi connectivity index (χ1n) is 5.87. The monoisotopic (exact) mass is 278 g/mol. The maximum atomic E-state index is 4.30. The van der Waals surface area contributed by atoms with Gasteiger partial charge in [0, 0.05) is 12.2 Å². The SMILES string of the molecule is Brc1ccc(C2=CC[C@@H]3CCN[C@@H]3C2)cn1. The van der Waals surface area contributed by atoms with Crippen LogP contribution in [0.15, 0.2) is 29.0 Å². The molecule has 84 valence electrons. The third-order valence-electron chi connectivity index (χ3n) is 3.70. The van der Waals surface area contributed by atoms with Crippen molar-refractivity contribution >= 4 is 21.5 Å². The first-order chi connectivity index (χ1) is 7.83. The average molecular weight is 279 g/mol. The number of pyridine rings is 1. The van der Waals surface area contributed by atoms with Crippen molar-refractivity contribution in [3.63, 3.8) is 0 Å². The zero-order chi connectivity index (χ0) is 11.0. The lowest BCUT2D eigenvalue weighted by molar-refractivity contribution is 0.445. The molecular formula is C13H15BrN2. The molecule has 3 rings (SSSR count). The van der Waals surface area contributed by atoms with Crippen LogP contribution in [0.5, 0.6) is 0 Å². The van der Waals surface area contributed by atoms with Gasteiger partial charge in [-0.1, -0.05) is 12.1 Å². The molecule has 1 aromatic heterocycles. The Kier molecular flexibility index (Phi) is 2.82. The normalized spacial score (nSPS) is 28.7. The van der Waals surface area contributed by atoms with Crippen LogP contribution in [0.1, 0.15) is 24.8 Å². The third kappa shape index (κ3) is 1.94. The molecule has 0 aromatic carbocycles. The van der Waals surface area contributed by atoms with Crippen LogP contribution in [-0.2, 0) is 0 Å². The van der Waals surface area contributed by atoms with Crippen LogP contribution in [0.3, 0.4) is 0 Å². The molecule has 2 atom stereocenters. The van der Waals surface area contributed by atoms with Gasteiger partial charge in [0.05, 0.1) is 0 Å². The van der Waals surface area contributed by atoms with E-state index in [1.54, 1.807) is 0 Å². The summed E-state index contributed by atoms with van der Waals surface area (Å²) in [5.41, 5.74) is 2.73. The largest absolute Gasteiger partial charge is 0.313 e. The Bertz CT molecular complexity index is 410. The molecular weight excluding hydrogens is 264 g/mol. The van der Waals surface area contributed by atoms with E-state index in [2.05, 4.69) is 38.4 Å². The summed E-state index contributed by atoms with van der Waals surface area (Å²) in [6.45, 7) is 1.19. The molecule has 1 saturated heterocycles. The van der Waals surface area contributed by atoms with E-state index in [0.29, 0.717) is 6.04 Å². The van der Waals surface area contributed by atoms with Crippen molar-refractivity contribution in [1.82, 2.24) is 10.3 Å². The summed E-state index contributed by atoms with van der Waals surface area (Å²) in [6.07, 6.45) is 8.09. The number of hydrogen-bond donors (Lipinski definition) is 1. The number of fused-ring (bicyclic) bond motifs is 1. The van der Waals surface area contributed by atoms with E-state index >= 15 is 0 Å². The summed E-state index contributed by atoms with van der Waals surface area (Å²) in [6, 6.07) is 4.87. The highest BCUT2D eigenvalue weighted by molar-refractivity contribution is 9.10. The van der Waals surface area contributed by atoms with Crippen LogP contribution in [0, 0.1) is 5.92 Å². The number of nitrogens with zero attached hydrogens (tertiary/aromatic N) is 1. The van der Waals surface area contributed by atoms with E-state index in [1.165, 1.54) is 30.5 Å². The van der Waals surface area contributed by atoms with E-state index in [9.17, 15) is 0 Å². The smallest absolute Gasteiger partial charge is 0.106 e. The van der Waals surface area contributed by atoms with Gasteiger partial charge in [0.2, 0.25) is 0 Å². The predicted octanol–water partition coefficient (Wildman–Crippen LogP) is 3.00. The van der Waals surface area contributed by atoms with E-state index in [0.717, 1.165) is 16.9 Å². The first-order valence-corrected chi connectivity index (χ1v) is 6.66. The minimum atomic E-state index is 0.698. The van der Waals surface area contributed by atoms with Crippen molar-refractivity contribution in [3.05, 3.63) is 34.6 Å². The Morgan fingerprint density at radius 3 is 3.12 bits per heavy atom. The van der Waals surface area contributed by atoms with E-state index in [4.69, 9.17) is 0 Å². The molecule has 2 nitrogen and oxygen atoms in total. The first kappa shape index (κ1) is 10.5. The lowest BCUT2D eigenvalue weighted by Crippen LogP contribution is -2.29. The van der Waals surface area contributed by atoms with Crippen molar-refractivity contribution < 1.29 is 0 Å². The molecule has 0 unspecified atom stereocenters. The maximum absolute atomic E-state index is 4.30. The van der Waals surface area contributed by atoms with Gasteiger partial charge < -0.3 is 5.32 Å². The quantitative estimate of drug-likeness (QED) is 0.799. The number of halogens is 1. The molecule has 16 heavy (non-hydrogen) atoms. The van der Waals surface area contributed by atoms with Gasteiger partial charge in [-0.2, -0.15) is 0 Å². The molecule has 0 bridgehead atoms. The van der Waals surface area contributed by atoms with Crippen molar-refractivity contribution in [2.24, 2.45) is 5.92 Å². The van der Waals surface area contributed by atoms with Gasteiger partial charge in [-0.25, -0.2) is 4.98 Å². The highest BCUT2D eigenvalue weighted by atomic mass is 79.9. The fourth-order valence-corrected chi connectivity index (χ4v) is 2.99. The minimum absolute atomic E-state index is 0.698. The van der Waals surface area contributed by atoms with Crippen molar-refractivity contribution in [3.8, 4) is 0 Å². The molecule has 1 aromatic rings. The Morgan fingerprint density at radius 1 is 1.38 bits per heavy atom. The maximum Gasteiger partial charge on any atom is 0.106 e. The Labute approximate surface area is 104 Å². The van der Waals surface area contributed by atoms with Gasteiger partial charge in [-0.15, -0.1) is 0 Å². The molecule has 1 fully saturated rings. The number of aromatic nitrogens is 1. The Balaban J connectivity index is 1.83. The molecule has 1 aliphatic carbocycles. The highest BCUT2D eigenvalue weighted by Crippen LogP contribution is 2.34. The highest BCUT2D eigenvalue weighted by Gasteiger charge is 2.29. The molecule has 2 heterocycles. The molecule has 3 heteroatoms. The van der Waals surface area contributed by atoms with Crippen molar-refractivity contribution in [2.75, 3.05) is 6.54 Å². The van der Waals surface area contributed by atoms with Crippen molar-refractivity contribution in [1.29, 1.82) is 0 Å². The van der Waals surface area contributed by atoms with Crippen molar-refractivity contribution in [2.45, 2.75) is 25.3 Å². The van der Waals surface area contributed by atoms with Gasteiger partial charge in [0.25, 0.3) is 0 Å². The van der Waals surface area contributed by atoms with E-state index in [-0.39, 0.29) is 0 Å². The summed E-state index contributed by atoms with van der Waals surface area (Å²) in [5.74, 6) is 0.868. The fraction of sp³-hybridized carbons (Fsp3) is 0.462. The number of rotatable bonds is 1. The van der Waals surface area contributed by atoms with Gasteiger partial charge in [0.15, 0.2) is 0 Å². The fourth-order valence-electron chi connectivity index (χ4n) is 2.76. The lowest BCUT2D eigenvalue weighted by atomic mass is 9.84. The zero-order valence-corrected chi connectivity index (χ0v) is 10.7. The number of hydrogen-bond acceptors (Lipinski definition) is 2. The summed E-state index contributed by atoms with van der Waals surface area (Å²) in [4.78, 5) is 4.30. The topological polar surface area (TPSA) is 24.9 Å². The second-order valence-corrected chi connectivity index (χ2v) is 5.46. The number of nitrogens with one attached hydrogen (secondary N) is 1. The van der Waals surface area contributed by atoms with Crippen LogP contribution in [0.4, 0.5) is 0 Å². The second kappa shape index (κ2) is 4.30. The zero-order valence-electron chi connectivity index (χ0n) is 9.12. The predicted molar refractivity (Wildman–Crippen MR) is 69.0 cm³/mol. The molecule has 0 amide bonds. The van der Waals surface area contributed by atoms with Crippen LogP contribution in [0.2, 0.25) is 0 Å². The molecule has 0 saturated carbocycles. The Hall–Kier alpha value is -0.670. The standard InChI is InChI=1S/C13H15BrN2/c14-13-4-3-11(8-16-13)10-2-1-9-5-6-15-12(9)7-10/h2-4,8-9,12,15H,1,5-7H2/t9-,12-/m1/s1. The third-order valence-corrected chi connectivity index (χ3v) is 4.16. The van der Waals surface area contributed by atoms with Crippen LogP contribution < -0.4 is 5.32 Å². The molecule has 0 radical (unpaired) electrons. The molecule has 0 spiro atoms. The summed E-state index contributed by atoms with van der Waals surface area (Å²) in [5, 5.41) is 3.60. The molecule has 2 aliphatic rings.